The standard InChI is InChI=1S/C11H17N3O2/c1-11(4-2-5-12-8-11)10(15)13-7-9-3-6-14-16-9/h3,6,12H,2,4-5,7-8H2,1H3,(H,13,15). The largest absolute Gasteiger partial charge is 0.360 e. The summed E-state index contributed by atoms with van der Waals surface area (Å²) in [4.78, 5) is 12.0. The quantitative estimate of drug-likeness (QED) is 0.790. The number of amides is 1. The van der Waals surface area contributed by atoms with Crippen LogP contribution in [0.5, 0.6) is 0 Å². The van der Waals surface area contributed by atoms with E-state index in [0.717, 1.165) is 25.9 Å². The molecule has 2 N–H and O–H groups in total. The van der Waals surface area contributed by atoms with Gasteiger partial charge >= 0.3 is 0 Å². The number of carbonyl (C=O) groups excluding carboxylic acids is 1. The van der Waals surface area contributed by atoms with Crippen molar-refractivity contribution < 1.29 is 9.32 Å². The van der Waals surface area contributed by atoms with Crippen LogP contribution in [0, 0.1) is 5.41 Å². The van der Waals surface area contributed by atoms with Gasteiger partial charge in [0.25, 0.3) is 0 Å². The molecule has 0 saturated carbocycles. The summed E-state index contributed by atoms with van der Waals surface area (Å²) >= 11 is 0. The van der Waals surface area contributed by atoms with E-state index in [1.165, 1.54) is 0 Å². The predicted molar refractivity (Wildman–Crippen MR) is 58.6 cm³/mol. The molecule has 0 bridgehead atoms. The van der Waals surface area contributed by atoms with Gasteiger partial charge in [0.05, 0.1) is 18.2 Å². The third kappa shape index (κ3) is 2.41. The number of aromatic nitrogens is 1. The lowest BCUT2D eigenvalue weighted by atomic mass is 9.82. The van der Waals surface area contributed by atoms with Crippen LogP contribution >= 0.6 is 0 Å². The molecule has 0 aliphatic carbocycles. The van der Waals surface area contributed by atoms with Crippen LogP contribution < -0.4 is 10.6 Å². The molecule has 1 aromatic heterocycles. The Morgan fingerprint density at radius 1 is 1.75 bits per heavy atom. The zero-order chi connectivity index (χ0) is 11.4. The highest BCUT2D eigenvalue weighted by Gasteiger charge is 2.34. The third-order valence-corrected chi connectivity index (χ3v) is 3.06. The molecule has 1 saturated heterocycles. The van der Waals surface area contributed by atoms with E-state index in [0.29, 0.717) is 12.3 Å². The molecule has 2 heterocycles. The Morgan fingerprint density at radius 2 is 2.62 bits per heavy atom. The Labute approximate surface area is 94.6 Å². The average molecular weight is 223 g/mol. The maximum atomic E-state index is 12.0. The predicted octanol–water partition coefficient (Wildman–Crippen LogP) is 0.680. The first kappa shape index (κ1) is 11.1. The van der Waals surface area contributed by atoms with Gasteiger partial charge in [-0.25, -0.2) is 0 Å². The number of nitrogens with zero attached hydrogens (tertiary/aromatic N) is 1. The molecular formula is C11H17N3O2. The summed E-state index contributed by atoms with van der Waals surface area (Å²) in [5.41, 5.74) is -0.293. The Morgan fingerprint density at radius 3 is 3.25 bits per heavy atom. The Kier molecular flexibility index (Phi) is 3.24. The summed E-state index contributed by atoms with van der Waals surface area (Å²) in [5, 5.41) is 9.73. The van der Waals surface area contributed by atoms with Gasteiger partial charge in [0.2, 0.25) is 5.91 Å². The average Bonchev–Trinajstić information content (AvgIpc) is 2.79. The molecule has 1 amide bonds. The third-order valence-electron chi connectivity index (χ3n) is 3.06. The molecular weight excluding hydrogens is 206 g/mol. The second-order valence-electron chi connectivity index (χ2n) is 4.50. The van der Waals surface area contributed by atoms with Gasteiger partial charge in [0, 0.05) is 12.6 Å². The Hall–Kier alpha value is -1.36. The summed E-state index contributed by atoms with van der Waals surface area (Å²) in [6.45, 7) is 4.16. The number of hydrogen-bond acceptors (Lipinski definition) is 4. The second kappa shape index (κ2) is 4.65. The number of rotatable bonds is 3. The molecule has 1 aromatic rings. The zero-order valence-electron chi connectivity index (χ0n) is 9.45. The van der Waals surface area contributed by atoms with Crippen molar-refractivity contribution in [3.05, 3.63) is 18.0 Å². The van der Waals surface area contributed by atoms with E-state index in [1.807, 2.05) is 6.92 Å². The molecule has 2 rings (SSSR count). The normalized spacial score (nSPS) is 25.3. The van der Waals surface area contributed by atoms with E-state index in [9.17, 15) is 4.79 Å². The maximum absolute atomic E-state index is 12.0. The summed E-state index contributed by atoms with van der Waals surface area (Å²) in [7, 11) is 0. The molecule has 16 heavy (non-hydrogen) atoms. The molecule has 5 heteroatoms. The smallest absolute Gasteiger partial charge is 0.227 e. The van der Waals surface area contributed by atoms with Crippen molar-refractivity contribution in [1.82, 2.24) is 15.8 Å². The number of piperidine rings is 1. The van der Waals surface area contributed by atoms with Crippen molar-refractivity contribution in [1.29, 1.82) is 0 Å². The van der Waals surface area contributed by atoms with Crippen molar-refractivity contribution in [2.24, 2.45) is 5.41 Å². The van der Waals surface area contributed by atoms with Crippen LogP contribution in [0.3, 0.4) is 0 Å². The first-order valence-electron chi connectivity index (χ1n) is 5.59. The van der Waals surface area contributed by atoms with Gasteiger partial charge in [-0.15, -0.1) is 0 Å². The van der Waals surface area contributed by atoms with E-state index >= 15 is 0 Å². The summed E-state index contributed by atoms with van der Waals surface area (Å²) in [6.07, 6.45) is 3.56. The monoisotopic (exact) mass is 223 g/mol. The van der Waals surface area contributed by atoms with Crippen molar-refractivity contribution in [2.45, 2.75) is 26.3 Å². The highest BCUT2D eigenvalue weighted by atomic mass is 16.5. The molecule has 0 radical (unpaired) electrons. The Balaban J connectivity index is 1.87. The first-order chi connectivity index (χ1) is 7.71. The van der Waals surface area contributed by atoms with Crippen molar-refractivity contribution in [2.75, 3.05) is 13.1 Å². The lowest BCUT2D eigenvalue weighted by Gasteiger charge is -2.32. The molecule has 1 aliphatic rings. The second-order valence-corrected chi connectivity index (χ2v) is 4.50. The van der Waals surface area contributed by atoms with Crippen LogP contribution in [0.2, 0.25) is 0 Å². The molecule has 1 atom stereocenters. The molecule has 1 unspecified atom stereocenters. The van der Waals surface area contributed by atoms with Crippen molar-refractivity contribution in [3.8, 4) is 0 Å². The van der Waals surface area contributed by atoms with Gasteiger partial charge < -0.3 is 15.2 Å². The minimum Gasteiger partial charge on any atom is -0.360 e. The van der Waals surface area contributed by atoms with Gasteiger partial charge in [-0.2, -0.15) is 0 Å². The van der Waals surface area contributed by atoms with E-state index in [2.05, 4.69) is 15.8 Å². The molecule has 0 aromatic carbocycles. The van der Waals surface area contributed by atoms with Crippen molar-refractivity contribution in [3.63, 3.8) is 0 Å². The van der Waals surface area contributed by atoms with E-state index in [1.54, 1.807) is 12.3 Å². The van der Waals surface area contributed by atoms with Crippen LogP contribution in [-0.4, -0.2) is 24.2 Å². The summed E-state index contributed by atoms with van der Waals surface area (Å²) in [6, 6.07) is 1.75. The number of carbonyl (C=O) groups is 1. The fourth-order valence-electron chi connectivity index (χ4n) is 1.96. The minimum atomic E-state index is -0.293. The van der Waals surface area contributed by atoms with Crippen LogP contribution in [0.4, 0.5) is 0 Å². The van der Waals surface area contributed by atoms with Gasteiger partial charge in [-0.3, -0.25) is 4.79 Å². The lowest BCUT2D eigenvalue weighted by Crippen LogP contribution is -2.48. The summed E-state index contributed by atoms with van der Waals surface area (Å²) < 4.78 is 4.92. The molecule has 5 nitrogen and oxygen atoms in total. The first-order valence-corrected chi connectivity index (χ1v) is 5.59. The fraction of sp³-hybridized carbons (Fsp3) is 0.636. The van der Waals surface area contributed by atoms with E-state index in [-0.39, 0.29) is 11.3 Å². The molecule has 1 aliphatic heterocycles. The van der Waals surface area contributed by atoms with Crippen LogP contribution in [-0.2, 0) is 11.3 Å². The highest BCUT2D eigenvalue weighted by molar-refractivity contribution is 5.82. The van der Waals surface area contributed by atoms with Gasteiger partial charge in [-0.1, -0.05) is 5.16 Å². The highest BCUT2D eigenvalue weighted by Crippen LogP contribution is 2.25. The van der Waals surface area contributed by atoms with Crippen molar-refractivity contribution >= 4 is 5.91 Å². The van der Waals surface area contributed by atoms with E-state index in [4.69, 9.17) is 4.52 Å². The van der Waals surface area contributed by atoms with Crippen LogP contribution in [0.25, 0.3) is 0 Å². The SMILES string of the molecule is CC1(C(=O)NCc2ccno2)CCCNC1. The molecule has 88 valence electrons. The van der Waals surface area contributed by atoms with Crippen LogP contribution in [0.1, 0.15) is 25.5 Å². The van der Waals surface area contributed by atoms with Gasteiger partial charge in [0.15, 0.2) is 5.76 Å². The van der Waals surface area contributed by atoms with Gasteiger partial charge in [-0.05, 0) is 26.3 Å². The number of hydrogen-bond donors (Lipinski definition) is 2. The summed E-state index contributed by atoms with van der Waals surface area (Å²) in [5.74, 6) is 0.761. The molecule has 1 fully saturated rings. The van der Waals surface area contributed by atoms with E-state index < -0.39 is 0 Å². The van der Waals surface area contributed by atoms with Crippen LogP contribution in [0.15, 0.2) is 16.8 Å². The minimum absolute atomic E-state index is 0.0797. The fourth-order valence-corrected chi connectivity index (χ4v) is 1.96. The topological polar surface area (TPSA) is 67.2 Å². The lowest BCUT2D eigenvalue weighted by molar-refractivity contribution is -0.131. The van der Waals surface area contributed by atoms with Gasteiger partial charge in [0.1, 0.15) is 0 Å². The number of nitrogens with one attached hydrogen (secondary N) is 2. The maximum Gasteiger partial charge on any atom is 0.227 e. The molecule has 0 spiro atoms. The Bertz CT molecular complexity index is 342. The zero-order valence-corrected chi connectivity index (χ0v) is 9.45.